The van der Waals surface area contributed by atoms with E-state index in [-0.39, 0.29) is 5.66 Å². The molecule has 9 heteroatoms. The summed E-state index contributed by atoms with van der Waals surface area (Å²) in [6, 6.07) is 10.4. The molecule has 0 amide bonds. The molecule has 5 aromatic rings. The lowest BCUT2D eigenvalue weighted by Crippen LogP contribution is -2.31. The summed E-state index contributed by atoms with van der Waals surface area (Å²) in [5.74, 6) is 2.60. The van der Waals surface area contributed by atoms with Crippen molar-refractivity contribution in [1.82, 2.24) is 29.1 Å². The van der Waals surface area contributed by atoms with E-state index in [1.807, 2.05) is 68.5 Å². The molecule has 0 spiro atoms. The van der Waals surface area contributed by atoms with Crippen LogP contribution in [0, 0.1) is 0 Å². The number of anilines is 2. The Morgan fingerprint density at radius 1 is 0.820 bits per heavy atom. The van der Waals surface area contributed by atoms with E-state index < -0.39 is 0 Å². The molecule has 0 aliphatic carbocycles. The standard InChI is InChI=1S/C41H45N8P/c1-8-13-15-21-27(6)24-48-34(46-35-37(48)31(19-10-3)33(20-11-4)45-39(35)42)26-50-28(7)41-47-36-38(49(41)25-29-22-16-14-17-23-29)30(18-9-2)32(12-5)44-40(36)43/h8-23,28,50H,2-4,6,24-26H2,1,5,7H3,(H2,42,45)(H2,43,44)/b13-8-,21-15-,30-18+,31-19+,32-12+,33-20+. The van der Waals surface area contributed by atoms with Gasteiger partial charge in [0.25, 0.3) is 0 Å². The zero-order chi connectivity index (χ0) is 35.8. The van der Waals surface area contributed by atoms with Crippen molar-refractivity contribution in [2.45, 2.75) is 45.7 Å². The number of nitrogens with two attached hydrogens (primary N) is 2. The van der Waals surface area contributed by atoms with Crippen LogP contribution in [-0.4, -0.2) is 29.1 Å². The fraction of sp³-hybridized carbons (Fsp3) is 0.171. The van der Waals surface area contributed by atoms with Crippen LogP contribution < -0.4 is 32.6 Å². The number of benzene rings is 1. The van der Waals surface area contributed by atoms with Gasteiger partial charge in [0.05, 0.1) is 21.7 Å². The van der Waals surface area contributed by atoms with E-state index in [0.717, 1.165) is 49.6 Å². The maximum absolute atomic E-state index is 6.57. The summed E-state index contributed by atoms with van der Waals surface area (Å²) in [5, 5.41) is 3.34. The Labute approximate surface area is 295 Å². The van der Waals surface area contributed by atoms with Gasteiger partial charge in [-0.3, -0.25) is 0 Å². The molecule has 4 heterocycles. The number of pyridine rings is 2. The normalized spacial score (nSPS) is 14.4. The van der Waals surface area contributed by atoms with E-state index in [1.54, 1.807) is 18.2 Å². The fourth-order valence-electron chi connectivity index (χ4n) is 6.08. The van der Waals surface area contributed by atoms with E-state index in [2.05, 4.69) is 71.6 Å². The monoisotopic (exact) mass is 680 g/mol. The molecule has 1 aromatic carbocycles. The predicted molar refractivity (Wildman–Crippen MR) is 216 cm³/mol. The Morgan fingerprint density at radius 2 is 1.44 bits per heavy atom. The lowest BCUT2D eigenvalue weighted by atomic mass is 10.2. The number of rotatable bonds is 13. The third-order valence-corrected chi connectivity index (χ3v) is 9.72. The van der Waals surface area contributed by atoms with Crippen LogP contribution in [0.2, 0.25) is 0 Å². The molecule has 0 saturated carbocycles. The molecule has 4 N–H and O–H groups in total. The van der Waals surface area contributed by atoms with E-state index in [1.165, 1.54) is 0 Å². The molecule has 0 aliphatic heterocycles. The highest BCUT2D eigenvalue weighted by atomic mass is 31.1. The SMILES string of the molecule is C=C/C=c1\c(=C/C=C)nc(N)c2nc(CPC(C)c3nc4c(N)nc(=C/C)/c(=C\C=C)c4n3Cc3ccccc3)n(CC(=C)/C=C\C=C/C)c12. The quantitative estimate of drug-likeness (QED) is 0.122. The number of hydrogen-bond donors (Lipinski definition) is 2. The van der Waals surface area contributed by atoms with Crippen LogP contribution in [-0.2, 0) is 19.3 Å². The van der Waals surface area contributed by atoms with Gasteiger partial charge >= 0.3 is 0 Å². The van der Waals surface area contributed by atoms with Crippen LogP contribution in [0.25, 0.3) is 46.4 Å². The molecule has 254 valence electrons. The van der Waals surface area contributed by atoms with Crippen LogP contribution in [0.1, 0.15) is 43.6 Å². The van der Waals surface area contributed by atoms with E-state index in [9.17, 15) is 0 Å². The fourth-order valence-corrected chi connectivity index (χ4v) is 7.24. The maximum Gasteiger partial charge on any atom is 0.152 e. The van der Waals surface area contributed by atoms with Gasteiger partial charge in [0, 0.05) is 35.3 Å². The van der Waals surface area contributed by atoms with Crippen molar-refractivity contribution in [3.63, 3.8) is 0 Å². The Kier molecular flexibility index (Phi) is 11.6. The molecule has 2 unspecified atom stereocenters. The van der Waals surface area contributed by atoms with Crippen LogP contribution >= 0.6 is 8.58 Å². The first-order chi connectivity index (χ1) is 24.3. The van der Waals surface area contributed by atoms with Crippen molar-refractivity contribution in [2.75, 3.05) is 11.5 Å². The number of nitrogen functional groups attached to an aromatic ring is 2. The van der Waals surface area contributed by atoms with Gasteiger partial charge in [-0.05, 0) is 31.1 Å². The average molecular weight is 681 g/mol. The summed E-state index contributed by atoms with van der Waals surface area (Å²) in [7, 11) is 0.425. The largest absolute Gasteiger partial charge is 0.382 e. The number of hydrogen-bond acceptors (Lipinski definition) is 6. The van der Waals surface area contributed by atoms with Gasteiger partial charge < -0.3 is 20.6 Å². The molecule has 0 saturated heterocycles. The highest BCUT2D eigenvalue weighted by molar-refractivity contribution is 7.37. The van der Waals surface area contributed by atoms with Crippen LogP contribution in [0.3, 0.4) is 0 Å². The molecule has 0 aliphatic rings. The molecule has 0 radical (unpaired) electrons. The third kappa shape index (κ3) is 7.36. The summed E-state index contributed by atoms with van der Waals surface area (Å²) in [4.78, 5) is 19.7. The molecule has 50 heavy (non-hydrogen) atoms. The zero-order valence-electron chi connectivity index (χ0n) is 29.1. The molecule has 0 bridgehead atoms. The number of allylic oxidation sites excluding steroid dienone is 8. The van der Waals surface area contributed by atoms with Crippen LogP contribution in [0.5, 0.6) is 0 Å². The summed E-state index contributed by atoms with van der Waals surface area (Å²) < 4.78 is 4.50. The second-order valence-corrected chi connectivity index (χ2v) is 13.4. The minimum Gasteiger partial charge on any atom is -0.382 e. The van der Waals surface area contributed by atoms with E-state index in [4.69, 9.17) is 26.4 Å². The van der Waals surface area contributed by atoms with Crippen molar-refractivity contribution >= 4 is 66.6 Å². The number of fused-ring (bicyclic) bond motifs is 2. The molecular formula is C41H45N8P. The average Bonchev–Trinajstić information content (AvgIpc) is 3.66. The Hall–Kier alpha value is -5.59. The second kappa shape index (κ2) is 16.2. The number of aromatic nitrogens is 6. The van der Waals surface area contributed by atoms with Gasteiger partial charge in [-0.2, -0.15) is 0 Å². The van der Waals surface area contributed by atoms with Gasteiger partial charge in [-0.15, -0.1) is 8.58 Å². The Balaban J connectivity index is 1.67. The molecule has 8 nitrogen and oxygen atoms in total. The zero-order valence-corrected chi connectivity index (χ0v) is 30.1. The third-order valence-electron chi connectivity index (χ3n) is 8.33. The maximum atomic E-state index is 6.57. The van der Waals surface area contributed by atoms with Gasteiger partial charge in [-0.1, -0.05) is 124 Å². The van der Waals surface area contributed by atoms with Crippen LogP contribution in [0.15, 0.2) is 105 Å². The smallest absolute Gasteiger partial charge is 0.152 e. The molecule has 2 atom stereocenters. The first-order valence-electron chi connectivity index (χ1n) is 16.5. The summed E-state index contributed by atoms with van der Waals surface area (Å²) >= 11 is 0. The topological polar surface area (TPSA) is 113 Å². The lowest BCUT2D eigenvalue weighted by Gasteiger charge is -2.16. The predicted octanol–water partition coefficient (Wildman–Crippen LogP) is 5.72. The van der Waals surface area contributed by atoms with Crippen molar-refractivity contribution < 1.29 is 0 Å². The van der Waals surface area contributed by atoms with E-state index >= 15 is 0 Å². The molecule has 0 fully saturated rings. The van der Waals surface area contributed by atoms with Crippen LogP contribution in [0.4, 0.5) is 11.6 Å². The van der Waals surface area contributed by atoms with E-state index in [0.29, 0.717) is 55.9 Å². The van der Waals surface area contributed by atoms with Crippen molar-refractivity contribution in [3.8, 4) is 0 Å². The Morgan fingerprint density at radius 3 is 2.08 bits per heavy atom. The number of imidazole rings is 2. The summed E-state index contributed by atoms with van der Waals surface area (Å²) in [5.41, 5.74) is 18.5. The van der Waals surface area contributed by atoms with Crippen molar-refractivity contribution in [3.05, 3.63) is 143 Å². The van der Waals surface area contributed by atoms with Gasteiger partial charge in [0.15, 0.2) is 11.6 Å². The second-order valence-electron chi connectivity index (χ2n) is 11.8. The minimum atomic E-state index is 0.0570. The van der Waals surface area contributed by atoms with Crippen molar-refractivity contribution in [2.24, 2.45) is 0 Å². The number of nitrogens with zero attached hydrogens (tertiary/aromatic N) is 6. The summed E-state index contributed by atoms with van der Waals surface area (Å²) in [6.07, 6.45) is 21.7. The van der Waals surface area contributed by atoms with Gasteiger partial charge in [0.1, 0.15) is 22.7 Å². The van der Waals surface area contributed by atoms with Gasteiger partial charge in [0.2, 0.25) is 0 Å². The first kappa shape index (κ1) is 35.7. The van der Waals surface area contributed by atoms with Crippen molar-refractivity contribution in [1.29, 1.82) is 0 Å². The first-order valence-corrected chi connectivity index (χ1v) is 17.8. The summed E-state index contributed by atoms with van der Waals surface area (Å²) in [6.45, 7) is 23.5. The Bertz CT molecular complexity index is 2410. The van der Waals surface area contributed by atoms with Gasteiger partial charge in [-0.25, -0.2) is 19.9 Å². The lowest BCUT2D eigenvalue weighted by molar-refractivity contribution is 0.739. The molecule has 4 aromatic heterocycles. The minimum absolute atomic E-state index is 0.0570. The molecular weight excluding hydrogens is 635 g/mol. The molecule has 5 rings (SSSR count). The highest BCUT2D eigenvalue weighted by Gasteiger charge is 2.22. The highest BCUT2D eigenvalue weighted by Crippen LogP contribution is 2.38.